The van der Waals surface area contributed by atoms with Crippen LogP contribution in [0.25, 0.3) is 0 Å². The molecule has 0 bridgehead atoms. The maximum Gasteiger partial charge on any atom is 0.346 e. The topological polar surface area (TPSA) is 49.1 Å². The molecule has 5 nitrogen and oxygen atoms in total. The monoisotopic (exact) mass is 253 g/mol. The highest BCUT2D eigenvalue weighted by atomic mass is 16.5. The van der Waals surface area contributed by atoms with Crippen LogP contribution < -0.4 is 5.69 Å². The minimum absolute atomic E-state index is 0.00389. The molecule has 1 fully saturated rings. The molecule has 1 unspecified atom stereocenters. The van der Waals surface area contributed by atoms with Gasteiger partial charge in [0.05, 0.1) is 12.6 Å². The molecule has 102 valence electrons. The quantitative estimate of drug-likeness (QED) is 0.829. The van der Waals surface area contributed by atoms with E-state index in [2.05, 4.69) is 18.9 Å². The van der Waals surface area contributed by atoms with E-state index in [1.165, 1.54) is 0 Å². The highest BCUT2D eigenvalue weighted by Gasteiger charge is 2.24. The van der Waals surface area contributed by atoms with Crippen molar-refractivity contribution in [1.29, 1.82) is 0 Å². The number of hydrogen-bond donors (Lipinski definition) is 0. The summed E-state index contributed by atoms with van der Waals surface area (Å²) in [5.74, 6) is 1.13. The van der Waals surface area contributed by atoms with Crippen molar-refractivity contribution < 1.29 is 4.74 Å². The summed E-state index contributed by atoms with van der Waals surface area (Å²) in [7, 11) is 0. The van der Waals surface area contributed by atoms with E-state index in [1.54, 1.807) is 9.25 Å². The van der Waals surface area contributed by atoms with Crippen molar-refractivity contribution in [3.8, 4) is 0 Å². The van der Waals surface area contributed by atoms with Gasteiger partial charge < -0.3 is 4.74 Å². The summed E-state index contributed by atoms with van der Waals surface area (Å²) < 4.78 is 8.89. The lowest BCUT2D eigenvalue weighted by Gasteiger charge is -2.21. The Kier molecular flexibility index (Phi) is 3.90. The third-order valence-electron chi connectivity index (χ3n) is 3.37. The molecule has 0 radical (unpaired) electrons. The molecular formula is C13H23N3O2. The Balaban J connectivity index is 2.42. The molecule has 1 saturated heterocycles. The summed E-state index contributed by atoms with van der Waals surface area (Å²) in [4.78, 5) is 12.4. The second-order valence-corrected chi connectivity index (χ2v) is 5.57. The Hall–Kier alpha value is -1.10. The summed E-state index contributed by atoms with van der Waals surface area (Å²) in [5.41, 5.74) is 0.00389. The highest BCUT2D eigenvalue weighted by molar-refractivity contribution is 4.97. The average molecular weight is 253 g/mol. The number of nitrogens with zero attached hydrogens (tertiary/aromatic N) is 3. The van der Waals surface area contributed by atoms with Crippen LogP contribution in [-0.2, 0) is 4.74 Å². The van der Waals surface area contributed by atoms with Crippen LogP contribution in [0.3, 0.4) is 0 Å². The zero-order valence-electron chi connectivity index (χ0n) is 11.7. The van der Waals surface area contributed by atoms with E-state index in [0.717, 1.165) is 25.3 Å². The molecule has 1 aromatic rings. The fourth-order valence-electron chi connectivity index (χ4n) is 2.44. The molecule has 0 N–H and O–H groups in total. The number of ether oxygens (including phenoxy) is 1. The second kappa shape index (κ2) is 5.26. The van der Waals surface area contributed by atoms with Crippen LogP contribution in [0.15, 0.2) is 4.79 Å². The minimum atomic E-state index is 0.00389. The molecule has 0 aromatic carbocycles. The van der Waals surface area contributed by atoms with Gasteiger partial charge in [0.15, 0.2) is 0 Å². The van der Waals surface area contributed by atoms with Crippen LogP contribution in [0.4, 0.5) is 0 Å². The second-order valence-electron chi connectivity index (χ2n) is 5.57. The third-order valence-corrected chi connectivity index (χ3v) is 3.37. The lowest BCUT2D eigenvalue weighted by atomic mass is 10.1. The SMILES string of the molecule is CC(C)c1nn(C2CCCOC2)c(=O)n1C(C)C. The largest absolute Gasteiger partial charge is 0.379 e. The zero-order chi connectivity index (χ0) is 13.3. The van der Waals surface area contributed by atoms with Crippen molar-refractivity contribution in [3.63, 3.8) is 0 Å². The average Bonchev–Trinajstić information content (AvgIpc) is 2.68. The van der Waals surface area contributed by atoms with Gasteiger partial charge >= 0.3 is 5.69 Å². The maximum absolute atomic E-state index is 12.4. The van der Waals surface area contributed by atoms with Crippen LogP contribution >= 0.6 is 0 Å². The zero-order valence-corrected chi connectivity index (χ0v) is 11.7. The van der Waals surface area contributed by atoms with Gasteiger partial charge in [-0.25, -0.2) is 9.48 Å². The van der Waals surface area contributed by atoms with Gasteiger partial charge in [0.2, 0.25) is 0 Å². The van der Waals surface area contributed by atoms with Crippen LogP contribution in [0, 0.1) is 0 Å². The van der Waals surface area contributed by atoms with Crippen LogP contribution in [0.5, 0.6) is 0 Å². The standard InChI is InChI=1S/C13H23N3O2/c1-9(2)12-14-16(11-6-5-7-18-8-11)13(17)15(12)10(3)4/h9-11H,5-8H2,1-4H3. The fraction of sp³-hybridized carbons (Fsp3) is 0.846. The smallest absolute Gasteiger partial charge is 0.346 e. The van der Waals surface area contributed by atoms with Gasteiger partial charge in [0, 0.05) is 18.6 Å². The molecule has 1 aromatic heterocycles. The summed E-state index contributed by atoms with van der Waals surface area (Å²) in [5, 5.41) is 4.54. The number of aromatic nitrogens is 3. The number of rotatable bonds is 3. The van der Waals surface area contributed by atoms with E-state index in [4.69, 9.17) is 4.74 Å². The van der Waals surface area contributed by atoms with Gasteiger partial charge in [-0.05, 0) is 26.7 Å². The van der Waals surface area contributed by atoms with Gasteiger partial charge in [0.1, 0.15) is 5.82 Å². The Morgan fingerprint density at radius 2 is 2.06 bits per heavy atom. The van der Waals surface area contributed by atoms with Crippen molar-refractivity contribution in [3.05, 3.63) is 16.3 Å². The van der Waals surface area contributed by atoms with E-state index in [-0.39, 0.29) is 23.7 Å². The molecule has 5 heteroatoms. The lowest BCUT2D eigenvalue weighted by Crippen LogP contribution is -2.33. The van der Waals surface area contributed by atoms with Crippen molar-refractivity contribution in [2.24, 2.45) is 0 Å². The first-order chi connectivity index (χ1) is 8.52. The Morgan fingerprint density at radius 1 is 1.33 bits per heavy atom. The fourth-order valence-corrected chi connectivity index (χ4v) is 2.44. The van der Waals surface area contributed by atoms with Crippen molar-refractivity contribution >= 4 is 0 Å². The van der Waals surface area contributed by atoms with Crippen molar-refractivity contribution in [2.45, 2.75) is 58.5 Å². The Labute approximate surface area is 108 Å². The lowest BCUT2D eigenvalue weighted by molar-refractivity contribution is 0.0532. The van der Waals surface area contributed by atoms with Gasteiger partial charge in [-0.15, -0.1) is 0 Å². The molecule has 0 aliphatic carbocycles. The van der Waals surface area contributed by atoms with Crippen molar-refractivity contribution in [2.75, 3.05) is 13.2 Å². The number of hydrogen-bond acceptors (Lipinski definition) is 3. The predicted octanol–water partition coefficient (Wildman–Crippen LogP) is 2.10. The minimum Gasteiger partial charge on any atom is -0.379 e. The summed E-state index contributed by atoms with van der Waals surface area (Å²) in [6.45, 7) is 9.60. The normalized spacial score (nSPS) is 20.9. The van der Waals surface area contributed by atoms with Crippen LogP contribution in [0.1, 0.15) is 64.4 Å². The molecule has 1 aliphatic heterocycles. The molecule has 0 saturated carbocycles. The third kappa shape index (κ3) is 2.36. The van der Waals surface area contributed by atoms with E-state index in [0.29, 0.717) is 6.61 Å². The first kappa shape index (κ1) is 13.3. The molecule has 2 heterocycles. The molecule has 0 spiro atoms. The van der Waals surface area contributed by atoms with Crippen molar-refractivity contribution in [1.82, 2.24) is 14.3 Å². The van der Waals surface area contributed by atoms with Gasteiger partial charge in [0.25, 0.3) is 0 Å². The van der Waals surface area contributed by atoms with Gasteiger partial charge in [-0.3, -0.25) is 4.57 Å². The highest BCUT2D eigenvalue weighted by Crippen LogP contribution is 2.20. The molecule has 18 heavy (non-hydrogen) atoms. The van der Waals surface area contributed by atoms with Gasteiger partial charge in [-0.2, -0.15) is 5.10 Å². The van der Waals surface area contributed by atoms with Crippen LogP contribution in [-0.4, -0.2) is 27.6 Å². The van der Waals surface area contributed by atoms with E-state index in [1.807, 2.05) is 13.8 Å². The summed E-state index contributed by atoms with van der Waals surface area (Å²) in [6, 6.07) is 0.247. The molecule has 1 aliphatic rings. The maximum atomic E-state index is 12.4. The van der Waals surface area contributed by atoms with E-state index in [9.17, 15) is 4.79 Å². The molecule has 1 atom stereocenters. The van der Waals surface area contributed by atoms with Gasteiger partial charge in [-0.1, -0.05) is 13.8 Å². The first-order valence-corrected chi connectivity index (χ1v) is 6.81. The van der Waals surface area contributed by atoms with E-state index < -0.39 is 0 Å². The predicted molar refractivity (Wildman–Crippen MR) is 70.1 cm³/mol. The Bertz CT molecular complexity index is 453. The molecule has 0 amide bonds. The summed E-state index contributed by atoms with van der Waals surface area (Å²) in [6.07, 6.45) is 1.98. The molecule has 2 rings (SSSR count). The van der Waals surface area contributed by atoms with E-state index >= 15 is 0 Å². The Morgan fingerprint density at radius 3 is 2.50 bits per heavy atom. The molecular weight excluding hydrogens is 230 g/mol. The van der Waals surface area contributed by atoms with Crippen LogP contribution in [0.2, 0.25) is 0 Å². The first-order valence-electron chi connectivity index (χ1n) is 6.81. The summed E-state index contributed by atoms with van der Waals surface area (Å²) >= 11 is 0.